The minimum atomic E-state index is -1.11. The van der Waals surface area contributed by atoms with Crippen LogP contribution in [0, 0.1) is 18.3 Å². The number of aromatic carboxylic acids is 1. The summed E-state index contributed by atoms with van der Waals surface area (Å²) in [7, 11) is 0. The lowest BCUT2D eigenvalue weighted by molar-refractivity contribution is 0.0696. The van der Waals surface area contributed by atoms with Crippen LogP contribution in [0.25, 0.3) is 0 Å². The standard InChI is InChI=1S/C9H6NO2/c1-6-3-2-4-7(5-10)8(6)9(11)12/h2-4H,1H2,(H,11,12). The number of nitrogens with zero attached hydrogens (tertiary/aromatic N) is 1. The Balaban J connectivity index is 3.42. The van der Waals surface area contributed by atoms with Crippen LogP contribution < -0.4 is 0 Å². The van der Waals surface area contributed by atoms with E-state index >= 15 is 0 Å². The molecule has 0 fully saturated rings. The molecule has 3 heteroatoms. The van der Waals surface area contributed by atoms with Gasteiger partial charge in [0.1, 0.15) is 6.07 Å². The van der Waals surface area contributed by atoms with E-state index in [2.05, 4.69) is 6.92 Å². The van der Waals surface area contributed by atoms with Gasteiger partial charge in [-0.3, -0.25) is 0 Å². The second-order valence-corrected chi connectivity index (χ2v) is 2.26. The monoisotopic (exact) mass is 160 g/mol. The number of hydrogen-bond donors (Lipinski definition) is 1. The van der Waals surface area contributed by atoms with E-state index < -0.39 is 5.97 Å². The Hall–Kier alpha value is -1.82. The van der Waals surface area contributed by atoms with E-state index in [4.69, 9.17) is 10.4 Å². The van der Waals surface area contributed by atoms with Crippen LogP contribution in [0.4, 0.5) is 0 Å². The van der Waals surface area contributed by atoms with Gasteiger partial charge in [0.25, 0.3) is 0 Å². The molecule has 0 aliphatic rings. The zero-order chi connectivity index (χ0) is 9.14. The van der Waals surface area contributed by atoms with Gasteiger partial charge in [-0.05, 0) is 18.6 Å². The molecular formula is C9H6NO2. The molecule has 0 aliphatic heterocycles. The molecule has 3 nitrogen and oxygen atoms in total. The van der Waals surface area contributed by atoms with Gasteiger partial charge >= 0.3 is 5.97 Å². The molecule has 0 aliphatic carbocycles. The molecule has 59 valence electrons. The molecule has 1 rings (SSSR count). The Morgan fingerprint density at radius 2 is 2.25 bits per heavy atom. The Labute approximate surface area is 69.9 Å². The van der Waals surface area contributed by atoms with Crippen molar-refractivity contribution >= 4 is 5.97 Å². The highest BCUT2D eigenvalue weighted by molar-refractivity contribution is 5.92. The van der Waals surface area contributed by atoms with Crippen LogP contribution in [0.2, 0.25) is 0 Å². The summed E-state index contributed by atoms with van der Waals surface area (Å²) in [5.41, 5.74) is 0.497. The summed E-state index contributed by atoms with van der Waals surface area (Å²) in [6.07, 6.45) is 0. The largest absolute Gasteiger partial charge is 0.478 e. The number of carboxylic acid groups (broad SMARTS) is 1. The lowest BCUT2D eigenvalue weighted by Crippen LogP contribution is -2.02. The molecule has 0 unspecified atom stereocenters. The van der Waals surface area contributed by atoms with E-state index in [1.807, 2.05) is 0 Å². The van der Waals surface area contributed by atoms with Gasteiger partial charge in [0.15, 0.2) is 0 Å². The van der Waals surface area contributed by atoms with Crippen LogP contribution >= 0.6 is 0 Å². The molecule has 1 aromatic carbocycles. The SMILES string of the molecule is [CH2]c1cccc(C#N)c1C(=O)O. The predicted molar refractivity (Wildman–Crippen MR) is 42.6 cm³/mol. The fraction of sp³-hybridized carbons (Fsp3) is 0. The zero-order valence-electron chi connectivity index (χ0n) is 6.24. The van der Waals surface area contributed by atoms with E-state index in [0.717, 1.165) is 0 Å². The van der Waals surface area contributed by atoms with Crippen molar-refractivity contribution in [3.63, 3.8) is 0 Å². The lowest BCUT2D eigenvalue weighted by atomic mass is 10.0. The maximum atomic E-state index is 10.6. The van der Waals surface area contributed by atoms with Gasteiger partial charge < -0.3 is 5.11 Å². The van der Waals surface area contributed by atoms with Crippen molar-refractivity contribution in [1.82, 2.24) is 0 Å². The third-order valence-electron chi connectivity index (χ3n) is 1.49. The van der Waals surface area contributed by atoms with Gasteiger partial charge in [0, 0.05) is 0 Å². The van der Waals surface area contributed by atoms with Crippen LogP contribution in [-0.4, -0.2) is 11.1 Å². The average molecular weight is 160 g/mol. The van der Waals surface area contributed by atoms with Crippen molar-refractivity contribution < 1.29 is 9.90 Å². The summed E-state index contributed by atoms with van der Waals surface area (Å²) >= 11 is 0. The first-order valence-electron chi connectivity index (χ1n) is 3.25. The first kappa shape index (κ1) is 8.28. The quantitative estimate of drug-likeness (QED) is 0.676. The first-order valence-corrected chi connectivity index (χ1v) is 3.25. The number of benzene rings is 1. The molecule has 0 saturated heterocycles. The van der Waals surface area contributed by atoms with E-state index in [0.29, 0.717) is 5.56 Å². The van der Waals surface area contributed by atoms with Gasteiger partial charge in [-0.15, -0.1) is 0 Å². The van der Waals surface area contributed by atoms with Crippen molar-refractivity contribution in [2.75, 3.05) is 0 Å². The van der Waals surface area contributed by atoms with Crippen molar-refractivity contribution in [3.8, 4) is 6.07 Å². The maximum Gasteiger partial charge on any atom is 0.337 e. The second kappa shape index (κ2) is 3.05. The van der Waals surface area contributed by atoms with Crippen LogP contribution in [-0.2, 0) is 0 Å². The summed E-state index contributed by atoms with van der Waals surface area (Å²) in [5.74, 6) is -1.11. The number of nitriles is 1. The Morgan fingerprint density at radius 1 is 1.58 bits per heavy atom. The summed E-state index contributed by atoms with van der Waals surface area (Å²) in [6.45, 7) is 3.52. The Morgan fingerprint density at radius 3 is 2.67 bits per heavy atom. The summed E-state index contributed by atoms with van der Waals surface area (Å²) in [4.78, 5) is 10.6. The predicted octanol–water partition coefficient (Wildman–Crippen LogP) is 1.44. The minimum Gasteiger partial charge on any atom is -0.478 e. The van der Waals surface area contributed by atoms with Crippen molar-refractivity contribution in [2.24, 2.45) is 0 Å². The fourth-order valence-electron chi connectivity index (χ4n) is 0.946. The molecule has 0 amide bonds. The molecule has 1 aromatic rings. The van der Waals surface area contributed by atoms with Gasteiger partial charge in [0.2, 0.25) is 0 Å². The highest BCUT2D eigenvalue weighted by Crippen LogP contribution is 2.12. The molecular weight excluding hydrogens is 154 g/mol. The smallest absolute Gasteiger partial charge is 0.337 e. The highest BCUT2D eigenvalue weighted by atomic mass is 16.4. The molecule has 1 radical (unpaired) electrons. The van der Waals surface area contributed by atoms with Gasteiger partial charge in [-0.1, -0.05) is 12.1 Å². The van der Waals surface area contributed by atoms with Crippen molar-refractivity contribution in [3.05, 3.63) is 41.8 Å². The van der Waals surface area contributed by atoms with E-state index in [1.165, 1.54) is 6.07 Å². The Kier molecular flexibility index (Phi) is 2.11. The molecule has 0 atom stereocenters. The normalized spacial score (nSPS) is 9.00. The summed E-state index contributed by atoms with van der Waals surface area (Å²) in [5, 5.41) is 17.2. The molecule has 0 spiro atoms. The average Bonchev–Trinajstić information content (AvgIpc) is 2.03. The minimum absolute atomic E-state index is 0.0139. The molecule has 0 bridgehead atoms. The fourth-order valence-corrected chi connectivity index (χ4v) is 0.946. The van der Waals surface area contributed by atoms with E-state index in [1.54, 1.807) is 18.2 Å². The summed E-state index contributed by atoms with van der Waals surface area (Å²) in [6, 6.07) is 6.42. The van der Waals surface area contributed by atoms with Crippen LogP contribution in [0.5, 0.6) is 0 Å². The third-order valence-corrected chi connectivity index (χ3v) is 1.49. The highest BCUT2D eigenvalue weighted by Gasteiger charge is 2.11. The van der Waals surface area contributed by atoms with Crippen molar-refractivity contribution in [1.29, 1.82) is 5.26 Å². The molecule has 0 aromatic heterocycles. The van der Waals surface area contributed by atoms with Crippen LogP contribution in [0.1, 0.15) is 21.5 Å². The molecule has 1 N–H and O–H groups in total. The first-order chi connectivity index (χ1) is 5.66. The Bertz CT molecular complexity index is 363. The number of carbonyl (C=O) groups is 1. The van der Waals surface area contributed by atoms with E-state index in [-0.39, 0.29) is 11.1 Å². The van der Waals surface area contributed by atoms with Gasteiger partial charge in [0.05, 0.1) is 11.1 Å². The van der Waals surface area contributed by atoms with Gasteiger partial charge in [-0.25, -0.2) is 4.79 Å². The number of hydrogen-bond acceptors (Lipinski definition) is 2. The molecule has 12 heavy (non-hydrogen) atoms. The maximum absolute atomic E-state index is 10.6. The topological polar surface area (TPSA) is 61.1 Å². The van der Waals surface area contributed by atoms with Gasteiger partial charge in [-0.2, -0.15) is 5.26 Å². The molecule has 0 saturated carbocycles. The van der Waals surface area contributed by atoms with Crippen LogP contribution in [0.3, 0.4) is 0 Å². The second-order valence-electron chi connectivity index (χ2n) is 2.26. The zero-order valence-corrected chi connectivity index (χ0v) is 6.24. The number of carboxylic acids is 1. The van der Waals surface area contributed by atoms with Crippen molar-refractivity contribution in [2.45, 2.75) is 0 Å². The summed E-state index contributed by atoms with van der Waals surface area (Å²) < 4.78 is 0. The molecule has 0 heterocycles. The third kappa shape index (κ3) is 1.28. The van der Waals surface area contributed by atoms with E-state index in [9.17, 15) is 4.79 Å². The number of rotatable bonds is 1. The van der Waals surface area contributed by atoms with Crippen LogP contribution in [0.15, 0.2) is 18.2 Å². The lowest BCUT2D eigenvalue weighted by Gasteiger charge is -2.00.